The summed E-state index contributed by atoms with van der Waals surface area (Å²) < 4.78 is 8.28. The predicted octanol–water partition coefficient (Wildman–Crippen LogP) is -5.10. The van der Waals surface area contributed by atoms with E-state index < -0.39 is 0 Å². The summed E-state index contributed by atoms with van der Waals surface area (Å²) in [6, 6.07) is 0. The van der Waals surface area contributed by atoms with Gasteiger partial charge in [0, 0.05) is 17.4 Å². The molecule has 0 fully saturated rings. The summed E-state index contributed by atoms with van der Waals surface area (Å²) in [5.74, 6) is 0. The molecule has 0 aliphatic carbocycles. The Labute approximate surface area is 79.4 Å². The third-order valence-corrected chi connectivity index (χ3v) is 0. The summed E-state index contributed by atoms with van der Waals surface area (Å²) >= 11 is 0. The fourth-order valence-corrected chi connectivity index (χ4v) is 0. The molecule has 26 valence electrons. The average Bonchev–Trinajstić information content (AvgIpc) is 1.00. The molecule has 0 atom stereocenters. The van der Waals surface area contributed by atoms with Crippen molar-refractivity contribution >= 4 is 27.5 Å². The van der Waals surface area contributed by atoms with Gasteiger partial charge in [0.05, 0.1) is 0 Å². The van der Waals surface area contributed by atoms with E-state index in [1.165, 1.54) is 0 Å². The van der Waals surface area contributed by atoms with Crippen LogP contribution in [0.1, 0.15) is 1.43 Å². The quantitative estimate of drug-likeness (QED) is 0.317. The zero-order chi connectivity index (χ0) is 2.00. The molecular weight excluding hydrogens is 146 g/mol. The van der Waals surface area contributed by atoms with Crippen molar-refractivity contribution in [1.29, 1.82) is 0 Å². The third kappa shape index (κ3) is 23.4. The van der Waals surface area contributed by atoms with Gasteiger partial charge in [-0.05, 0) is 0 Å². The molecule has 0 aromatic carbocycles. The van der Waals surface area contributed by atoms with Gasteiger partial charge in [0.1, 0.15) is 0 Å². The Balaban J connectivity index is -0.000000000833. The number of hydrogen-bond acceptors (Lipinski definition) is 1. The van der Waals surface area contributed by atoms with E-state index in [-0.39, 0.29) is 65.7 Å². The van der Waals surface area contributed by atoms with Crippen molar-refractivity contribution < 1.29 is 52.8 Å². The molecule has 0 rings (SSSR count). The third-order valence-electron chi connectivity index (χ3n) is 0. The molecule has 0 saturated carbocycles. The van der Waals surface area contributed by atoms with Gasteiger partial charge in [-0.3, -0.25) is 0 Å². The normalized spacial score (nSPS) is 0.800. The van der Waals surface area contributed by atoms with Crippen LogP contribution in [0.5, 0.6) is 0 Å². The van der Waals surface area contributed by atoms with Crippen LogP contribution in [-0.4, -0.2) is 27.5 Å². The topological polar surface area (TPSA) is 17.1 Å². The Morgan fingerprint density at radius 1 is 1.40 bits per heavy atom. The van der Waals surface area contributed by atoms with Crippen LogP contribution in [0.3, 0.4) is 0 Å². The first-order chi connectivity index (χ1) is 1.00. The summed E-state index contributed by atoms with van der Waals surface area (Å²) in [5, 5.41) is 0. The maximum Gasteiger partial charge on any atom is 1.00 e. The first-order valence-corrected chi connectivity index (χ1v) is 0.866. The molecule has 0 unspecified atom stereocenters. The predicted molar refractivity (Wildman–Crippen MR) is 20.3 cm³/mol. The molecule has 0 N–H and O–H groups in total. The molecule has 0 radical (unpaired) electrons. The molecule has 5 heavy (non-hydrogen) atoms. The SMILES string of the molecule is O=[SiH2].[AlH3].[Cr].[H-].[Na+]. The molecule has 0 aromatic heterocycles. The van der Waals surface area contributed by atoms with Gasteiger partial charge in [0.15, 0.2) is 17.4 Å². The molecule has 0 amide bonds. The summed E-state index contributed by atoms with van der Waals surface area (Å²) in [4.78, 5) is 0. The van der Waals surface area contributed by atoms with Crippen LogP contribution in [0.25, 0.3) is 0 Å². The summed E-state index contributed by atoms with van der Waals surface area (Å²) in [6.07, 6.45) is 0. The average molecular weight is 152 g/mol. The largest absolute Gasteiger partial charge is 1.00 e. The second-order valence-electron chi connectivity index (χ2n) is 0. The molecule has 0 spiro atoms. The molecule has 0 aliphatic rings. The Hall–Kier alpha value is 2.08. The first-order valence-electron chi connectivity index (χ1n) is 0.289. The first kappa shape index (κ1) is 27.6. The van der Waals surface area contributed by atoms with Crippen molar-refractivity contribution in [3.8, 4) is 0 Å². The Bertz CT molecular complexity index is 15.5. The summed E-state index contributed by atoms with van der Waals surface area (Å²) in [5.41, 5.74) is 0. The van der Waals surface area contributed by atoms with Crippen molar-refractivity contribution in [2.45, 2.75) is 0 Å². The second-order valence-corrected chi connectivity index (χ2v) is 0. The van der Waals surface area contributed by atoms with E-state index in [4.69, 9.17) is 4.46 Å². The van der Waals surface area contributed by atoms with Crippen LogP contribution in [0.15, 0.2) is 0 Å². The van der Waals surface area contributed by atoms with Crippen molar-refractivity contribution in [3.63, 3.8) is 0 Å². The van der Waals surface area contributed by atoms with E-state index in [2.05, 4.69) is 0 Å². The number of hydrogen-bond donors (Lipinski definition) is 0. The van der Waals surface area contributed by atoms with Crippen LogP contribution in [0.2, 0.25) is 0 Å². The molecule has 1 nitrogen and oxygen atoms in total. The van der Waals surface area contributed by atoms with Crippen molar-refractivity contribution in [2.75, 3.05) is 0 Å². The molecule has 0 bridgehead atoms. The monoisotopic (exact) mass is 152 g/mol. The second kappa shape index (κ2) is 36.2. The zero-order valence-corrected chi connectivity index (χ0v) is 7.21. The molecule has 0 heterocycles. The van der Waals surface area contributed by atoms with Crippen molar-refractivity contribution in [1.82, 2.24) is 0 Å². The molecule has 0 aromatic rings. The fraction of sp³-hybridized carbons (Fsp3) is 0. The van der Waals surface area contributed by atoms with Gasteiger partial charge in [-0.25, -0.2) is 0 Å². The van der Waals surface area contributed by atoms with Crippen molar-refractivity contribution in [2.24, 2.45) is 0 Å². The molecule has 0 saturated heterocycles. The molecular formula is H6AlCrNaOSi. The summed E-state index contributed by atoms with van der Waals surface area (Å²) in [6.45, 7) is 0. The zero-order valence-electron chi connectivity index (χ0n) is 3.52. The Kier molecular flexibility index (Phi) is 200. The Morgan fingerprint density at radius 2 is 1.40 bits per heavy atom. The van der Waals surface area contributed by atoms with E-state index in [1.807, 2.05) is 0 Å². The molecule has 0 aliphatic heterocycles. The van der Waals surface area contributed by atoms with Gasteiger partial charge in [-0.2, -0.15) is 0 Å². The Morgan fingerprint density at radius 3 is 1.40 bits per heavy atom. The van der Waals surface area contributed by atoms with Gasteiger partial charge < -0.3 is 5.89 Å². The van der Waals surface area contributed by atoms with Gasteiger partial charge in [-0.1, -0.05) is 0 Å². The fourth-order valence-electron chi connectivity index (χ4n) is 0. The van der Waals surface area contributed by atoms with Crippen LogP contribution < -0.4 is 29.6 Å². The van der Waals surface area contributed by atoms with Crippen molar-refractivity contribution in [3.05, 3.63) is 0 Å². The van der Waals surface area contributed by atoms with Gasteiger partial charge >= 0.3 is 29.6 Å². The number of rotatable bonds is 0. The minimum Gasteiger partial charge on any atom is -1.00 e. The van der Waals surface area contributed by atoms with Gasteiger partial charge in [-0.15, -0.1) is 0 Å². The minimum absolute atomic E-state index is 0. The minimum atomic E-state index is 0. The van der Waals surface area contributed by atoms with E-state index in [0.717, 1.165) is 0 Å². The van der Waals surface area contributed by atoms with Gasteiger partial charge in [0.25, 0.3) is 0 Å². The van der Waals surface area contributed by atoms with E-state index in [1.54, 1.807) is 0 Å². The maximum atomic E-state index is 8.28. The van der Waals surface area contributed by atoms with Crippen LogP contribution in [0, 0.1) is 0 Å². The van der Waals surface area contributed by atoms with Gasteiger partial charge in [0.2, 0.25) is 10.1 Å². The summed E-state index contributed by atoms with van der Waals surface area (Å²) in [7, 11) is 0.611. The van der Waals surface area contributed by atoms with E-state index >= 15 is 0 Å². The van der Waals surface area contributed by atoms with E-state index in [0.29, 0.717) is 10.1 Å². The van der Waals surface area contributed by atoms with E-state index in [9.17, 15) is 0 Å². The van der Waals surface area contributed by atoms with Crippen LogP contribution in [0.4, 0.5) is 0 Å². The van der Waals surface area contributed by atoms with Crippen LogP contribution >= 0.6 is 0 Å². The van der Waals surface area contributed by atoms with Crippen LogP contribution in [-0.2, 0) is 21.8 Å². The standard InChI is InChI=1S/Al.Cr.Na.H2OSi.4H/c;;;1-2;;;;/h;;;2H2;;;;/q;;+1;;;;;-1. The smallest absolute Gasteiger partial charge is 1.00 e. The maximum absolute atomic E-state index is 8.28. The molecule has 5 heteroatoms.